The van der Waals surface area contributed by atoms with E-state index in [1.807, 2.05) is 0 Å². The quantitative estimate of drug-likeness (QED) is 0.486. The summed E-state index contributed by atoms with van der Waals surface area (Å²) in [5.41, 5.74) is -0.581. The standard InChI is InChI=1S/C11H14O4S/c1-11(2,3)10(12)15-8-4-6-9(7-5-8)16(13)14/h4-7,16H,1-3H3. The molecule has 0 atom stereocenters. The Morgan fingerprint density at radius 1 is 1.12 bits per heavy atom. The highest BCUT2D eigenvalue weighted by molar-refractivity contribution is 7.72. The van der Waals surface area contributed by atoms with Gasteiger partial charge in [0.25, 0.3) is 0 Å². The fraction of sp³-hybridized carbons (Fsp3) is 0.364. The predicted molar refractivity (Wildman–Crippen MR) is 60.1 cm³/mol. The van der Waals surface area contributed by atoms with Crippen molar-refractivity contribution in [2.45, 2.75) is 25.7 Å². The van der Waals surface area contributed by atoms with Gasteiger partial charge in [0.2, 0.25) is 0 Å². The molecule has 0 spiro atoms. The molecular weight excluding hydrogens is 228 g/mol. The Kier molecular flexibility index (Phi) is 3.70. The van der Waals surface area contributed by atoms with E-state index in [1.54, 1.807) is 20.8 Å². The Morgan fingerprint density at radius 2 is 1.62 bits per heavy atom. The van der Waals surface area contributed by atoms with E-state index in [-0.39, 0.29) is 10.9 Å². The van der Waals surface area contributed by atoms with Crippen LogP contribution in [0.3, 0.4) is 0 Å². The molecule has 0 aromatic heterocycles. The van der Waals surface area contributed by atoms with Gasteiger partial charge in [-0.2, -0.15) is 0 Å². The number of benzene rings is 1. The van der Waals surface area contributed by atoms with Crippen LogP contribution in [-0.2, 0) is 15.5 Å². The van der Waals surface area contributed by atoms with Crippen molar-refractivity contribution in [3.63, 3.8) is 0 Å². The van der Waals surface area contributed by atoms with Crippen molar-refractivity contribution >= 4 is 16.7 Å². The van der Waals surface area contributed by atoms with Gasteiger partial charge in [-0.05, 0) is 45.0 Å². The van der Waals surface area contributed by atoms with E-state index < -0.39 is 16.1 Å². The summed E-state index contributed by atoms with van der Waals surface area (Å²) < 4.78 is 26.3. The second-order valence-electron chi connectivity index (χ2n) is 4.39. The average Bonchev–Trinajstić information content (AvgIpc) is 2.17. The fourth-order valence-corrected chi connectivity index (χ4v) is 1.29. The molecule has 1 rings (SSSR count). The monoisotopic (exact) mass is 242 g/mol. The fourth-order valence-electron chi connectivity index (χ4n) is 0.896. The van der Waals surface area contributed by atoms with E-state index in [0.29, 0.717) is 5.75 Å². The first-order chi connectivity index (χ1) is 7.30. The maximum absolute atomic E-state index is 11.5. The van der Waals surface area contributed by atoms with Crippen molar-refractivity contribution < 1.29 is 17.9 Å². The molecule has 0 aliphatic heterocycles. The summed E-state index contributed by atoms with van der Waals surface area (Å²) in [6.45, 7) is 5.24. The molecule has 0 aliphatic rings. The number of hydrogen-bond donors (Lipinski definition) is 1. The van der Waals surface area contributed by atoms with Crippen molar-refractivity contribution in [3.05, 3.63) is 24.3 Å². The number of carbonyl (C=O) groups excluding carboxylic acids is 1. The number of carbonyl (C=O) groups is 1. The lowest BCUT2D eigenvalue weighted by atomic mass is 9.97. The lowest BCUT2D eigenvalue weighted by Crippen LogP contribution is -2.25. The van der Waals surface area contributed by atoms with Crippen LogP contribution in [0.1, 0.15) is 20.8 Å². The normalized spacial score (nSPS) is 11.5. The molecule has 0 N–H and O–H groups in total. The van der Waals surface area contributed by atoms with Gasteiger partial charge in [0.05, 0.1) is 10.3 Å². The Labute approximate surface area is 96.2 Å². The molecule has 0 fully saturated rings. The van der Waals surface area contributed by atoms with Crippen LogP contribution in [0.4, 0.5) is 0 Å². The summed E-state index contributed by atoms with van der Waals surface area (Å²) in [7, 11) is -2.59. The van der Waals surface area contributed by atoms with E-state index in [4.69, 9.17) is 4.74 Å². The highest BCUT2D eigenvalue weighted by atomic mass is 32.2. The van der Waals surface area contributed by atoms with Gasteiger partial charge >= 0.3 is 5.97 Å². The molecule has 0 amide bonds. The third-order valence-corrected chi connectivity index (χ3v) is 2.59. The average molecular weight is 242 g/mol. The number of thiol groups is 1. The lowest BCUT2D eigenvalue weighted by molar-refractivity contribution is -0.142. The molecule has 0 unspecified atom stereocenters. The van der Waals surface area contributed by atoms with Crippen LogP contribution in [0.15, 0.2) is 29.2 Å². The smallest absolute Gasteiger partial charge is 0.316 e. The molecule has 1 aromatic rings. The third-order valence-electron chi connectivity index (χ3n) is 1.87. The number of ether oxygens (including phenoxy) is 1. The number of rotatable bonds is 2. The van der Waals surface area contributed by atoms with Gasteiger partial charge in [-0.15, -0.1) is 0 Å². The second kappa shape index (κ2) is 4.65. The lowest BCUT2D eigenvalue weighted by Gasteiger charge is -2.16. The Balaban J connectivity index is 2.81. The molecule has 88 valence electrons. The van der Waals surface area contributed by atoms with E-state index in [2.05, 4.69) is 0 Å². The number of esters is 1. The summed E-state index contributed by atoms with van der Waals surface area (Å²) in [6, 6.07) is 5.72. The van der Waals surface area contributed by atoms with Crippen LogP contribution >= 0.6 is 0 Å². The number of hydrogen-bond acceptors (Lipinski definition) is 4. The van der Waals surface area contributed by atoms with Crippen LogP contribution in [0, 0.1) is 5.41 Å². The molecule has 0 bridgehead atoms. The van der Waals surface area contributed by atoms with Crippen LogP contribution in [0.5, 0.6) is 5.75 Å². The van der Waals surface area contributed by atoms with E-state index >= 15 is 0 Å². The zero-order valence-corrected chi connectivity index (χ0v) is 10.3. The molecule has 16 heavy (non-hydrogen) atoms. The van der Waals surface area contributed by atoms with Crippen LogP contribution in [-0.4, -0.2) is 14.4 Å². The molecule has 5 heteroatoms. The summed E-state index contributed by atoms with van der Waals surface area (Å²) in [5.74, 6) is -0.00714. The minimum absolute atomic E-state index is 0.200. The van der Waals surface area contributed by atoms with Gasteiger partial charge < -0.3 is 4.74 Å². The summed E-state index contributed by atoms with van der Waals surface area (Å²) >= 11 is 0. The van der Waals surface area contributed by atoms with Crippen molar-refractivity contribution in [1.29, 1.82) is 0 Å². The van der Waals surface area contributed by atoms with Crippen molar-refractivity contribution in [2.75, 3.05) is 0 Å². The van der Waals surface area contributed by atoms with E-state index in [9.17, 15) is 13.2 Å². The Morgan fingerprint density at radius 3 is 2.00 bits per heavy atom. The van der Waals surface area contributed by atoms with Crippen LogP contribution < -0.4 is 4.74 Å². The maximum atomic E-state index is 11.5. The highest BCUT2D eigenvalue weighted by Crippen LogP contribution is 2.19. The van der Waals surface area contributed by atoms with Crippen LogP contribution in [0.25, 0.3) is 0 Å². The second-order valence-corrected chi connectivity index (χ2v) is 5.42. The van der Waals surface area contributed by atoms with Crippen molar-refractivity contribution in [3.8, 4) is 5.75 Å². The predicted octanol–water partition coefficient (Wildman–Crippen LogP) is 1.61. The Hall–Kier alpha value is -1.36. The van der Waals surface area contributed by atoms with E-state index in [1.165, 1.54) is 24.3 Å². The van der Waals surface area contributed by atoms with Crippen molar-refractivity contribution in [2.24, 2.45) is 5.41 Å². The van der Waals surface area contributed by atoms with Gasteiger partial charge in [0, 0.05) is 0 Å². The minimum Gasteiger partial charge on any atom is -0.426 e. The molecule has 1 aromatic carbocycles. The third kappa shape index (κ3) is 3.34. The first-order valence-electron chi connectivity index (χ1n) is 4.77. The van der Waals surface area contributed by atoms with Gasteiger partial charge in [0.1, 0.15) is 5.75 Å². The zero-order valence-electron chi connectivity index (χ0n) is 9.39. The van der Waals surface area contributed by atoms with Gasteiger partial charge in [-0.25, -0.2) is 8.42 Å². The molecular formula is C11H14O4S. The Bertz CT molecular complexity index is 444. The molecule has 0 radical (unpaired) electrons. The minimum atomic E-state index is -2.59. The molecule has 0 saturated carbocycles. The summed E-state index contributed by atoms with van der Waals surface area (Å²) in [6.07, 6.45) is 0. The topological polar surface area (TPSA) is 60.4 Å². The van der Waals surface area contributed by atoms with E-state index in [0.717, 1.165) is 0 Å². The zero-order chi connectivity index (χ0) is 12.3. The maximum Gasteiger partial charge on any atom is 0.316 e. The highest BCUT2D eigenvalue weighted by Gasteiger charge is 2.23. The first kappa shape index (κ1) is 12.7. The summed E-state index contributed by atoms with van der Waals surface area (Å²) in [4.78, 5) is 11.7. The van der Waals surface area contributed by atoms with Gasteiger partial charge in [-0.3, -0.25) is 4.79 Å². The first-order valence-corrected chi connectivity index (χ1v) is 5.95. The van der Waals surface area contributed by atoms with Gasteiger partial charge in [0.15, 0.2) is 10.7 Å². The summed E-state index contributed by atoms with van der Waals surface area (Å²) in [5, 5.41) is 0. The molecule has 0 heterocycles. The molecule has 0 aliphatic carbocycles. The van der Waals surface area contributed by atoms with Gasteiger partial charge in [-0.1, -0.05) is 0 Å². The SMILES string of the molecule is CC(C)(C)C(=O)Oc1ccc([SH](=O)=O)cc1. The largest absolute Gasteiger partial charge is 0.426 e. The molecule has 0 saturated heterocycles. The van der Waals surface area contributed by atoms with Crippen molar-refractivity contribution in [1.82, 2.24) is 0 Å². The van der Waals surface area contributed by atoms with Crippen LogP contribution in [0.2, 0.25) is 0 Å². The molecule has 4 nitrogen and oxygen atoms in total.